The van der Waals surface area contributed by atoms with Gasteiger partial charge in [0.05, 0.1) is 4.92 Å². The lowest BCUT2D eigenvalue weighted by Gasteiger charge is -1.97. The van der Waals surface area contributed by atoms with Crippen LogP contribution in [0.15, 0.2) is 10.9 Å². The zero-order valence-corrected chi connectivity index (χ0v) is 10.2. The monoisotopic (exact) mass is 269 g/mol. The van der Waals surface area contributed by atoms with Gasteiger partial charge in [-0.3, -0.25) is 10.1 Å². The Balaban J connectivity index is 2.56. The maximum Gasteiger partial charge on any atom is 0.337 e. The van der Waals surface area contributed by atoms with Crippen LogP contribution >= 0.6 is 11.6 Å². The van der Waals surface area contributed by atoms with E-state index in [-0.39, 0.29) is 22.7 Å². The molecule has 18 heavy (non-hydrogen) atoms. The van der Waals surface area contributed by atoms with Crippen LogP contribution in [0, 0.1) is 10.1 Å². The molecule has 0 saturated carbocycles. The predicted octanol–water partition coefficient (Wildman–Crippen LogP) is 2.21. The third kappa shape index (κ3) is 2.14. The second-order valence-electron chi connectivity index (χ2n) is 3.73. The van der Waals surface area contributed by atoms with E-state index in [9.17, 15) is 10.1 Å². The van der Waals surface area contributed by atoms with E-state index in [0.717, 1.165) is 6.33 Å². The number of halogens is 1. The zero-order chi connectivity index (χ0) is 13.3. The SMILES string of the molecule is CC(C)c1noc(-c2ncnc(Cl)c2[N+](=O)[O-])n1. The Hall–Kier alpha value is -2.09. The lowest BCUT2D eigenvalue weighted by atomic mass is 10.2. The summed E-state index contributed by atoms with van der Waals surface area (Å²) in [6.45, 7) is 3.74. The minimum atomic E-state index is -0.684. The number of nitrogens with zero attached hydrogens (tertiary/aromatic N) is 5. The van der Waals surface area contributed by atoms with E-state index < -0.39 is 10.6 Å². The Morgan fingerprint density at radius 3 is 2.72 bits per heavy atom. The molecule has 2 aromatic rings. The van der Waals surface area contributed by atoms with Gasteiger partial charge in [0.1, 0.15) is 6.33 Å². The Kier molecular flexibility index (Phi) is 3.19. The van der Waals surface area contributed by atoms with Gasteiger partial charge in [-0.15, -0.1) is 0 Å². The number of aromatic nitrogens is 4. The second kappa shape index (κ2) is 4.65. The van der Waals surface area contributed by atoms with Gasteiger partial charge in [0.15, 0.2) is 5.82 Å². The Labute approximate surface area is 106 Å². The molecule has 0 aliphatic rings. The topological polar surface area (TPSA) is 108 Å². The van der Waals surface area contributed by atoms with E-state index >= 15 is 0 Å². The molecule has 2 heterocycles. The highest BCUT2D eigenvalue weighted by Gasteiger charge is 2.27. The highest BCUT2D eigenvalue weighted by molar-refractivity contribution is 6.31. The molecule has 2 aromatic heterocycles. The lowest BCUT2D eigenvalue weighted by molar-refractivity contribution is -0.384. The van der Waals surface area contributed by atoms with Gasteiger partial charge in [-0.1, -0.05) is 30.6 Å². The maximum absolute atomic E-state index is 10.9. The van der Waals surface area contributed by atoms with E-state index in [0.29, 0.717) is 5.82 Å². The number of hydrogen-bond acceptors (Lipinski definition) is 7. The standard InChI is InChI=1S/C9H8ClN5O3/c1-4(2)8-13-9(18-14-8)5-6(15(16)17)7(10)12-3-11-5/h3-4H,1-2H3. The summed E-state index contributed by atoms with van der Waals surface area (Å²) in [5.74, 6) is 0.433. The second-order valence-corrected chi connectivity index (χ2v) is 4.09. The molecule has 2 rings (SSSR count). The van der Waals surface area contributed by atoms with Crippen molar-refractivity contribution in [3.63, 3.8) is 0 Å². The molecule has 8 nitrogen and oxygen atoms in total. The Morgan fingerprint density at radius 2 is 2.17 bits per heavy atom. The van der Waals surface area contributed by atoms with Crippen LogP contribution in [-0.4, -0.2) is 25.0 Å². The van der Waals surface area contributed by atoms with Crippen LogP contribution in [0.2, 0.25) is 5.15 Å². The van der Waals surface area contributed by atoms with Crippen LogP contribution in [-0.2, 0) is 0 Å². The molecule has 0 unspecified atom stereocenters. The van der Waals surface area contributed by atoms with Crippen molar-refractivity contribution in [2.75, 3.05) is 0 Å². The molecule has 0 saturated heterocycles. The first kappa shape index (κ1) is 12.4. The quantitative estimate of drug-likeness (QED) is 0.477. The fourth-order valence-electron chi connectivity index (χ4n) is 1.24. The molecule has 0 aliphatic heterocycles. The molecule has 0 bridgehead atoms. The van der Waals surface area contributed by atoms with Crippen molar-refractivity contribution in [1.29, 1.82) is 0 Å². The maximum atomic E-state index is 10.9. The molecule has 0 atom stereocenters. The first-order valence-corrected chi connectivity index (χ1v) is 5.37. The van der Waals surface area contributed by atoms with Gasteiger partial charge in [0.2, 0.25) is 10.8 Å². The summed E-state index contributed by atoms with van der Waals surface area (Å²) < 4.78 is 4.94. The molecule has 0 radical (unpaired) electrons. The van der Waals surface area contributed by atoms with Crippen molar-refractivity contribution in [2.24, 2.45) is 0 Å². The van der Waals surface area contributed by atoms with Crippen LogP contribution in [0.3, 0.4) is 0 Å². The summed E-state index contributed by atoms with van der Waals surface area (Å²) in [4.78, 5) is 21.6. The Morgan fingerprint density at radius 1 is 1.44 bits per heavy atom. The molecule has 0 amide bonds. The highest BCUT2D eigenvalue weighted by Crippen LogP contribution is 2.31. The lowest BCUT2D eigenvalue weighted by Crippen LogP contribution is -1.98. The van der Waals surface area contributed by atoms with E-state index in [1.54, 1.807) is 0 Å². The molecule has 9 heteroatoms. The van der Waals surface area contributed by atoms with Gasteiger partial charge in [0, 0.05) is 5.92 Å². The summed E-state index contributed by atoms with van der Waals surface area (Å²) >= 11 is 5.66. The third-order valence-electron chi connectivity index (χ3n) is 2.12. The van der Waals surface area contributed by atoms with Crippen LogP contribution < -0.4 is 0 Å². The summed E-state index contributed by atoms with van der Waals surface area (Å²) in [6, 6.07) is 0. The summed E-state index contributed by atoms with van der Waals surface area (Å²) in [7, 11) is 0. The van der Waals surface area contributed by atoms with Crippen molar-refractivity contribution in [3.8, 4) is 11.6 Å². The predicted molar refractivity (Wildman–Crippen MR) is 61.1 cm³/mol. The van der Waals surface area contributed by atoms with Crippen LogP contribution in [0.4, 0.5) is 5.69 Å². The van der Waals surface area contributed by atoms with Crippen molar-refractivity contribution < 1.29 is 9.45 Å². The van der Waals surface area contributed by atoms with Gasteiger partial charge in [-0.25, -0.2) is 9.97 Å². The normalized spacial score (nSPS) is 10.9. The van der Waals surface area contributed by atoms with Gasteiger partial charge in [-0.2, -0.15) is 4.98 Å². The minimum Gasteiger partial charge on any atom is -0.332 e. The average molecular weight is 270 g/mol. The molecule has 0 N–H and O–H groups in total. The Bertz CT molecular complexity index is 598. The van der Waals surface area contributed by atoms with Gasteiger partial charge in [-0.05, 0) is 0 Å². The van der Waals surface area contributed by atoms with E-state index in [2.05, 4.69) is 20.1 Å². The minimum absolute atomic E-state index is 0.0406. The van der Waals surface area contributed by atoms with Crippen molar-refractivity contribution in [1.82, 2.24) is 20.1 Å². The average Bonchev–Trinajstić information content (AvgIpc) is 2.77. The first-order chi connectivity index (χ1) is 8.50. The van der Waals surface area contributed by atoms with Gasteiger partial charge < -0.3 is 4.52 Å². The van der Waals surface area contributed by atoms with Crippen molar-refractivity contribution in [2.45, 2.75) is 19.8 Å². The summed E-state index contributed by atoms with van der Waals surface area (Å²) in [5.41, 5.74) is -0.530. The molecular formula is C9H8ClN5O3. The van der Waals surface area contributed by atoms with Gasteiger partial charge >= 0.3 is 5.69 Å². The fraction of sp³-hybridized carbons (Fsp3) is 0.333. The number of rotatable bonds is 3. The van der Waals surface area contributed by atoms with Crippen LogP contribution in [0.5, 0.6) is 0 Å². The van der Waals surface area contributed by atoms with Gasteiger partial charge in [0.25, 0.3) is 5.89 Å². The summed E-state index contributed by atoms with van der Waals surface area (Å²) in [5, 5.41) is 14.3. The van der Waals surface area contributed by atoms with Crippen LogP contribution in [0.1, 0.15) is 25.6 Å². The summed E-state index contributed by atoms with van der Waals surface area (Å²) in [6.07, 6.45) is 1.10. The molecule has 0 aromatic carbocycles. The molecule has 94 valence electrons. The number of hydrogen-bond donors (Lipinski definition) is 0. The zero-order valence-electron chi connectivity index (χ0n) is 9.49. The highest BCUT2D eigenvalue weighted by atomic mass is 35.5. The van der Waals surface area contributed by atoms with E-state index in [1.807, 2.05) is 13.8 Å². The molecule has 0 aliphatic carbocycles. The van der Waals surface area contributed by atoms with E-state index in [1.165, 1.54) is 0 Å². The fourth-order valence-corrected chi connectivity index (χ4v) is 1.44. The largest absolute Gasteiger partial charge is 0.337 e. The smallest absolute Gasteiger partial charge is 0.332 e. The molecule has 0 spiro atoms. The number of nitro groups is 1. The first-order valence-electron chi connectivity index (χ1n) is 4.99. The van der Waals surface area contributed by atoms with Crippen molar-refractivity contribution in [3.05, 3.63) is 27.4 Å². The third-order valence-corrected chi connectivity index (χ3v) is 2.40. The molecular weight excluding hydrogens is 262 g/mol. The van der Waals surface area contributed by atoms with E-state index in [4.69, 9.17) is 16.1 Å². The van der Waals surface area contributed by atoms with Crippen molar-refractivity contribution >= 4 is 17.3 Å². The molecule has 0 fully saturated rings. The van der Waals surface area contributed by atoms with Crippen LogP contribution in [0.25, 0.3) is 11.6 Å².